The van der Waals surface area contributed by atoms with Crippen molar-refractivity contribution < 1.29 is 19.1 Å². The summed E-state index contributed by atoms with van der Waals surface area (Å²) in [7, 11) is 3.49. The molecule has 0 aromatic heterocycles. The van der Waals surface area contributed by atoms with Crippen LogP contribution >= 0.6 is 21.6 Å². The highest BCUT2D eigenvalue weighted by Crippen LogP contribution is 2.22. The Morgan fingerprint density at radius 3 is 2.45 bits per heavy atom. The smallest absolute Gasteiger partial charge is 0.329 e. The molecule has 1 amide bonds. The number of nitrogens with one attached hydrogen (secondary N) is 1. The van der Waals surface area contributed by atoms with Gasteiger partial charge < -0.3 is 10.1 Å². The molecule has 0 heterocycles. The summed E-state index contributed by atoms with van der Waals surface area (Å²) in [5.41, 5.74) is 0.464. The van der Waals surface area contributed by atoms with Gasteiger partial charge in [-0.2, -0.15) is 0 Å². The average molecular weight is 313 g/mol. The highest BCUT2D eigenvalue weighted by Gasteiger charge is 2.22. The maximum atomic E-state index is 12.0. The van der Waals surface area contributed by atoms with E-state index in [1.165, 1.54) is 24.8 Å². The Hall–Kier alpha value is -1.47. The van der Waals surface area contributed by atoms with Gasteiger partial charge >= 0.3 is 5.97 Å². The predicted octanol–water partition coefficient (Wildman–Crippen LogP) is 1.89. The molecule has 0 aliphatic carbocycles. The van der Waals surface area contributed by atoms with Crippen molar-refractivity contribution in [3.05, 3.63) is 35.9 Å². The van der Waals surface area contributed by atoms with Gasteiger partial charge in [-0.3, -0.25) is 9.59 Å². The lowest BCUT2D eigenvalue weighted by molar-refractivity contribution is -0.142. The molecule has 1 unspecified atom stereocenters. The molecule has 1 aromatic rings. The Morgan fingerprint density at radius 2 is 1.90 bits per heavy atom. The number of methoxy groups -OCH3 is 1. The molecule has 1 rings (SSSR count). The van der Waals surface area contributed by atoms with E-state index in [0.717, 1.165) is 10.8 Å². The highest BCUT2D eigenvalue weighted by molar-refractivity contribution is 8.82. The minimum absolute atomic E-state index is 0.0620. The maximum absolute atomic E-state index is 12.0. The maximum Gasteiger partial charge on any atom is 0.329 e. The lowest BCUT2D eigenvalue weighted by Crippen LogP contribution is -2.43. The van der Waals surface area contributed by atoms with Crippen LogP contribution in [0.3, 0.4) is 0 Å². The fraction of sp³-hybridized carbons (Fsp3) is 0.308. The highest BCUT2D eigenvalue weighted by atomic mass is 33.1. The van der Waals surface area contributed by atoms with Crippen LogP contribution in [0.1, 0.15) is 17.3 Å². The Kier molecular flexibility index (Phi) is 7.17. The summed E-state index contributed by atoms with van der Waals surface area (Å²) in [6.07, 6.45) is 0. The van der Waals surface area contributed by atoms with Gasteiger partial charge in [0.05, 0.1) is 7.11 Å². The van der Waals surface area contributed by atoms with Crippen molar-refractivity contribution in [2.45, 2.75) is 13.0 Å². The molecule has 1 N–H and O–H groups in total. The average Bonchev–Trinajstić information content (AvgIpc) is 2.45. The van der Waals surface area contributed by atoms with Crippen LogP contribution in [0.2, 0.25) is 0 Å². The molecule has 0 aliphatic heterocycles. The molecule has 0 spiro atoms. The standard InChI is InChI=1S/C13H15NO4S2/c1-9(15)20-19-8-11(13(17)18-2)14-12(16)10-6-4-3-5-7-10/h3-7,11H,8H2,1-2H3,(H,14,16). The summed E-state index contributed by atoms with van der Waals surface area (Å²) in [6, 6.07) is 7.80. The van der Waals surface area contributed by atoms with Gasteiger partial charge in [0, 0.05) is 18.2 Å². The van der Waals surface area contributed by atoms with Gasteiger partial charge in [0.2, 0.25) is 0 Å². The Labute approximate surface area is 125 Å². The van der Waals surface area contributed by atoms with E-state index in [9.17, 15) is 14.4 Å². The van der Waals surface area contributed by atoms with Crippen LogP contribution in [0.5, 0.6) is 0 Å². The molecule has 0 saturated carbocycles. The van der Waals surface area contributed by atoms with E-state index < -0.39 is 12.0 Å². The van der Waals surface area contributed by atoms with Gasteiger partial charge in [-0.05, 0) is 22.9 Å². The summed E-state index contributed by atoms with van der Waals surface area (Å²) in [4.78, 5) is 34.4. The van der Waals surface area contributed by atoms with Crippen molar-refractivity contribution in [1.29, 1.82) is 0 Å². The lowest BCUT2D eigenvalue weighted by Gasteiger charge is -2.15. The molecule has 0 aliphatic rings. The van der Waals surface area contributed by atoms with Gasteiger partial charge in [0.25, 0.3) is 5.91 Å². The van der Waals surface area contributed by atoms with Gasteiger partial charge in [-0.25, -0.2) is 4.79 Å². The second-order valence-electron chi connectivity index (χ2n) is 3.77. The first-order valence-electron chi connectivity index (χ1n) is 5.78. The van der Waals surface area contributed by atoms with Gasteiger partial charge in [0.15, 0.2) is 5.12 Å². The van der Waals surface area contributed by atoms with Crippen molar-refractivity contribution in [2.24, 2.45) is 0 Å². The zero-order chi connectivity index (χ0) is 15.0. The van der Waals surface area contributed by atoms with E-state index in [-0.39, 0.29) is 16.8 Å². The predicted molar refractivity (Wildman–Crippen MR) is 80.4 cm³/mol. The Bertz CT molecular complexity index is 479. The molecular formula is C13H15NO4S2. The number of hydrogen-bond acceptors (Lipinski definition) is 6. The van der Waals surface area contributed by atoms with Crippen LogP contribution in [-0.4, -0.2) is 35.9 Å². The Morgan fingerprint density at radius 1 is 1.25 bits per heavy atom. The number of carbonyl (C=O) groups is 3. The zero-order valence-electron chi connectivity index (χ0n) is 11.1. The molecule has 0 radical (unpaired) electrons. The number of ether oxygens (including phenoxy) is 1. The van der Waals surface area contributed by atoms with Crippen LogP contribution in [0.15, 0.2) is 30.3 Å². The molecule has 1 aromatic carbocycles. The van der Waals surface area contributed by atoms with Crippen molar-refractivity contribution in [1.82, 2.24) is 5.32 Å². The van der Waals surface area contributed by atoms with Crippen molar-refractivity contribution in [2.75, 3.05) is 12.9 Å². The van der Waals surface area contributed by atoms with Gasteiger partial charge in [-0.15, -0.1) is 0 Å². The van der Waals surface area contributed by atoms with Gasteiger partial charge in [0.1, 0.15) is 6.04 Å². The van der Waals surface area contributed by atoms with Crippen molar-refractivity contribution in [3.63, 3.8) is 0 Å². The second kappa shape index (κ2) is 8.65. The van der Waals surface area contributed by atoms with Crippen LogP contribution in [0.25, 0.3) is 0 Å². The summed E-state index contributed by atoms with van der Waals surface area (Å²) in [5.74, 6) is -0.629. The first kappa shape index (κ1) is 16.6. The molecule has 108 valence electrons. The van der Waals surface area contributed by atoms with E-state index in [1.54, 1.807) is 30.3 Å². The molecule has 0 fully saturated rings. The minimum atomic E-state index is -0.787. The van der Waals surface area contributed by atoms with Crippen LogP contribution in [0, 0.1) is 0 Å². The number of benzene rings is 1. The third kappa shape index (κ3) is 5.66. The summed E-state index contributed by atoms with van der Waals surface area (Å²) in [5, 5.41) is 2.54. The van der Waals surface area contributed by atoms with E-state index in [4.69, 9.17) is 0 Å². The minimum Gasteiger partial charge on any atom is -0.467 e. The van der Waals surface area contributed by atoms with Crippen molar-refractivity contribution in [3.8, 4) is 0 Å². The molecular weight excluding hydrogens is 298 g/mol. The SMILES string of the molecule is COC(=O)C(CSSC(C)=O)NC(=O)c1ccccc1. The third-order valence-corrected chi connectivity index (χ3v) is 4.53. The largest absolute Gasteiger partial charge is 0.467 e. The molecule has 0 bridgehead atoms. The molecule has 5 nitrogen and oxygen atoms in total. The Balaban J connectivity index is 2.62. The van der Waals surface area contributed by atoms with E-state index >= 15 is 0 Å². The third-order valence-electron chi connectivity index (χ3n) is 2.24. The number of hydrogen-bond donors (Lipinski definition) is 1. The zero-order valence-corrected chi connectivity index (χ0v) is 12.8. The quantitative estimate of drug-likeness (QED) is 0.639. The fourth-order valence-electron chi connectivity index (χ4n) is 1.33. The summed E-state index contributed by atoms with van der Waals surface area (Å²) >= 11 is 0. The second-order valence-corrected chi connectivity index (χ2v) is 6.29. The monoisotopic (exact) mass is 313 g/mol. The number of esters is 1. The van der Waals surface area contributed by atoms with Crippen molar-refractivity contribution >= 4 is 38.6 Å². The summed E-state index contributed by atoms with van der Waals surface area (Å²) < 4.78 is 4.65. The van der Waals surface area contributed by atoms with Crippen LogP contribution < -0.4 is 5.32 Å². The van der Waals surface area contributed by atoms with E-state index in [1.807, 2.05) is 0 Å². The van der Waals surface area contributed by atoms with E-state index in [0.29, 0.717) is 5.56 Å². The normalized spacial score (nSPS) is 11.5. The number of carbonyl (C=O) groups excluding carboxylic acids is 3. The first-order chi connectivity index (χ1) is 9.54. The van der Waals surface area contributed by atoms with E-state index in [2.05, 4.69) is 10.1 Å². The first-order valence-corrected chi connectivity index (χ1v) is 8.10. The number of amides is 1. The fourth-order valence-corrected chi connectivity index (χ4v) is 3.03. The summed E-state index contributed by atoms with van der Waals surface area (Å²) in [6.45, 7) is 1.44. The molecule has 7 heteroatoms. The topological polar surface area (TPSA) is 72.5 Å². The lowest BCUT2D eigenvalue weighted by atomic mass is 10.2. The van der Waals surface area contributed by atoms with Crippen LogP contribution in [0.4, 0.5) is 0 Å². The van der Waals surface area contributed by atoms with Crippen LogP contribution in [-0.2, 0) is 14.3 Å². The number of rotatable bonds is 6. The van der Waals surface area contributed by atoms with Gasteiger partial charge in [-0.1, -0.05) is 29.0 Å². The molecule has 20 heavy (non-hydrogen) atoms. The molecule has 0 saturated heterocycles. The molecule has 1 atom stereocenters.